The van der Waals surface area contributed by atoms with Crippen molar-refractivity contribution < 1.29 is 4.39 Å². The van der Waals surface area contributed by atoms with Gasteiger partial charge in [-0.3, -0.25) is 4.79 Å². The minimum atomic E-state index is -0.323. The van der Waals surface area contributed by atoms with Crippen molar-refractivity contribution in [1.82, 2.24) is 9.78 Å². The van der Waals surface area contributed by atoms with Crippen LogP contribution in [0.3, 0.4) is 0 Å². The first-order chi connectivity index (χ1) is 8.70. The van der Waals surface area contributed by atoms with Crippen molar-refractivity contribution in [2.45, 2.75) is 13.0 Å². The van der Waals surface area contributed by atoms with Crippen molar-refractivity contribution in [3.63, 3.8) is 0 Å². The molecule has 4 nitrogen and oxygen atoms in total. The molecule has 2 rings (SSSR count). The molecule has 2 aromatic rings. The smallest absolute Gasteiger partial charge is 0.266 e. The molecule has 0 atom stereocenters. The third kappa shape index (κ3) is 2.61. The second-order valence-electron chi connectivity index (χ2n) is 3.69. The van der Waals surface area contributed by atoms with E-state index in [1.807, 2.05) is 6.07 Å². The second-order valence-corrected chi connectivity index (χ2v) is 3.69. The fourth-order valence-corrected chi connectivity index (χ4v) is 1.54. The average molecular weight is 243 g/mol. The molecule has 0 saturated carbocycles. The number of benzene rings is 1. The van der Waals surface area contributed by atoms with Gasteiger partial charge in [0, 0.05) is 11.6 Å². The van der Waals surface area contributed by atoms with E-state index in [1.165, 1.54) is 22.9 Å². The highest BCUT2D eigenvalue weighted by atomic mass is 19.1. The topological polar surface area (TPSA) is 58.7 Å². The third-order valence-corrected chi connectivity index (χ3v) is 2.44. The summed E-state index contributed by atoms with van der Waals surface area (Å²) in [5.74, 6) is -0.323. The van der Waals surface area contributed by atoms with Crippen LogP contribution in [0.5, 0.6) is 0 Å². The number of nitrogens with zero attached hydrogens (tertiary/aromatic N) is 3. The molecule has 5 heteroatoms. The van der Waals surface area contributed by atoms with Crippen LogP contribution in [-0.4, -0.2) is 9.78 Å². The van der Waals surface area contributed by atoms with Gasteiger partial charge in [-0.1, -0.05) is 0 Å². The lowest BCUT2D eigenvalue weighted by Crippen LogP contribution is -2.22. The van der Waals surface area contributed by atoms with Crippen LogP contribution < -0.4 is 5.56 Å². The highest BCUT2D eigenvalue weighted by Gasteiger charge is 2.03. The standard InChI is InChI=1S/C13H10FN3O/c14-11-4-2-10(3-5-11)12-6-7-13(18)17(16-12)9-1-8-15/h2-7H,1,9H2. The van der Waals surface area contributed by atoms with Crippen molar-refractivity contribution in [1.29, 1.82) is 5.26 Å². The molecule has 0 N–H and O–H groups in total. The minimum Gasteiger partial charge on any atom is -0.268 e. The average Bonchev–Trinajstić information content (AvgIpc) is 2.39. The van der Waals surface area contributed by atoms with E-state index < -0.39 is 0 Å². The van der Waals surface area contributed by atoms with Crippen LogP contribution in [0.1, 0.15) is 6.42 Å². The highest BCUT2D eigenvalue weighted by Crippen LogP contribution is 2.15. The minimum absolute atomic E-state index is 0.222. The zero-order chi connectivity index (χ0) is 13.0. The monoisotopic (exact) mass is 243 g/mol. The lowest BCUT2D eigenvalue weighted by atomic mass is 10.1. The van der Waals surface area contributed by atoms with E-state index in [9.17, 15) is 9.18 Å². The predicted molar refractivity (Wildman–Crippen MR) is 64.1 cm³/mol. The molecular formula is C13H10FN3O. The fraction of sp³-hybridized carbons (Fsp3) is 0.154. The number of aryl methyl sites for hydroxylation is 1. The Hall–Kier alpha value is -2.48. The van der Waals surface area contributed by atoms with Gasteiger partial charge in [0.1, 0.15) is 5.82 Å². The normalized spacial score (nSPS) is 10.0. The maximum absolute atomic E-state index is 12.8. The van der Waals surface area contributed by atoms with Gasteiger partial charge >= 0.3 is 0 Å². The van der Waals surface area contributed by atoms with E-state index in [1.54, 1.807) is 18.2 Å². The summed E-state index contributed by atoms with van der Waals surface area (Å²) < 4.78 is 14.0. The molecule has 0 aliphatic rings. The molecule has 0 radical (unpaired) electrons. The summed E-state index contributed by atoms with van der Waals surface area (Å²) in [6.45, 7) is 0.254. The van der Waals surface area contributed by atoms with Gasteiger partial charge in [-0.2, -0.15) is 10.4 Å². The Morgan fingerprint density at radius 3 is 2.61 bits per heavy atom. The van der Waals surface area contributed by atoms with Crippen LogP contribution in [0.25, 0.3) is 11.3 Å². The van der Waals surface area contributed by atoms with Crippen molar-refractivity contribution >= 4 is 0 Å². The molecule has 0 fully saturated rings. The fourth-order valence-electron chi connectivity index (χ4n) is 1.54. The van der Waals surface area contributed by atoms with Crippen molar-refractivity contribution in [3.05, 3.63) is 52.6 Å². The first-order valence-electron chi connectivity index (χ1n) is 5.42. The maximum atomic E-state index is 12.8. The van der Waals surface area contributed by atoms with Gasteiger partial charge in [0.15, 0.2) is 0 Å². The molecule has 18 heavy (non-hydrogen) atoms. The number of hydrogen-bond donors (Lipinski definition) is 0. The SMILES string of the molecule is N#CCCn1nc(-c2ccc(F)cc2)ccc1=O. The second kappa shape index (κ2) is 5.23. The molecular weight excluding hydrogens is 233 g/mol. The Kier molecular flexibility index (Phi) is 3.49. The lowest BCUT2D eigenvalue weighted by Gasteiger charge is -2.05. The van der Waals surface area contributed by atoms with Crippen LogP contribution in [0.4, 0.5) is 4.39 Å². The molecule has 0 amide bonds. The zero-order valence-corrected chi connectivity index (χ0v) is 9.51. The Morgan fingerprint density at radius 2 is 1.94 bits per heavy atom. The highest BCUT2D eigenvalue weighted by molar-refractivity contribution is 5.57. The van der Waals surface area contributed by atoms with Crippen LogP contribution in [-0.2, 0) is 6.54 Å². The summed E-state index contributed by atoms with van der Waals surface area (Å²) in [6, 6.07) is 10.8. The molecule has 90 valence electrons. The molecule has 1 heterocycles. The first-order valence-corrected chi connectivity index (χ1v) is 5.42. The Morgan fingerprint density at radius 1 is 1.22 bits per heavy atom. The van der Waals surface area contributed by atoms with Crippen molar-refractivity contribution in [2.24, 2.45) is 0 Å². The third-order valence-electron chi connectivity index (χ3n) is 2.44. The Bertz CT molecular complexity index is 641. The van der Waals surface area contributed by atoms with Crippen molar-refractivity contribution in [2.75, 3.05) is 0 Å². The summed E-state index contributed by atoms with van der Waals surface area (Å²) >= 11 is 0. The summed E-state index contributed by atoms with van der Waals surface area (Å²) in [4.78, 5) is 11.5. The largest absolute Gasteiger partial charge is 0.268 e. The van der Waals surface area contributed by atoms with E-state index in [0.717, 1.165) is 5.56 Å². The molecule has 1 aromatic carbocycles. The first kappa shape index (κ1) is 12.0. The molecule has 0 aliphatic carbocycles. The molecule has 0 spiro atoms. The van der Waals surface area contributed by atoms with Gasteiger partial charge in [-0.25, -0.2) is 9.07 Å². The van der Waals surface area contributed by atoms with Gasteiger partial charge in [-0.15, -0.1) is 0 Å². The number of nitriles is 1. The number of aromatic nitrogens is 2. The van der Waals surface area contributed by atoms with Gasteiger partial charge < -0.3 is 0 Å². The van der Waals surface area contributed by atoms with E-state index in [0.29, 0.717) is 5.69 Å². The summed E-state index contributed by atoms with van der Waals surface area (Å²) in [5, 5.41) is 12.6. The van der Waals surface area contributed by atoms with E-state index >= 15 is 0 Å². The van der Waals surface area contributed by atoms with E-state index in [2.05, 4.69) is 5.10 Å². The van der Waals surface area contributed by atoms with Gasteiger partial charge in [0.25, 0.3) is 5.56 Å². The number of rotatable bonds is 3. The Labute approximate surface area is 103 Å². The molecule has 0 bridgehead atoms. The van der Waals surface area contributed by atoms with Gasteiger partial charge in [-0.05, 0) is 30.3 Å². The zero-order valence-electron chi connectivity index (χ0n) is 9.51. The van der Waals surface area contributed by atoms with Gasteiger partial charge in [0.05, 0.1) is 24.7 Å². The molecule has 0 unspecified atom stereocenters. The maximum Gasteiger partial charge on any atom is 0.266 e. The molecule has 0 saturated heterocycles. The quantitative estimate of drug-likeness (QED) is 0.828. The number of hydrogen-bond acceptors (Lipinski definition) is 3. The summed E-state index contributed by atoms with van der Waals surface area (Å²) in [7, 11) is 0. The molecule has 1 aromatic heterocycles. The van der Waals surface area contributed by atoms with E-state index in [4.69, 9.17) is 5.26 Å². The summed E-state index contributed by atoms with van der Waals surface area (Å²) in [6.07, 6.45) is 0.222. The lowest BCUT2D eigenvalue weighted by molar-refractivity contribution is 0.591. The van der Waals surface area contributed by atoms with E-state index in [-0.39, 0.29) is 24.3 Å². The van der Waals surface area contributed by atoms with Crippen LogP contribution in [0.15, 0.2) is 41.2 Å². The number of halogens is 1. The Balaban J connectivity index is 2.37. The summed E-state index contributed by atoms with van der Waals surface area (Å²) in [5.41, 5.74) is 1.05. The van der Waals surface area contributed by atoms with Gasteiger partial charge in [0.2, 0.25) is 0 Å². The van der Waals surface area contributed by atoms with Crippen LogP contribution in [0, 0.1) is 17.1 Å². The molecule has 0 aliphatic heterocycles. The van der Waals surface area contributed by atoms with Crippen LogP contribution >= 0.6 is 0 Å². The van der Waals surface area contributed by atoms with Crippen molar-refractivity contribution in [3.8, 4) is 17.3 Å². The van der Waals surface area contributed by atoms with Crippen LogP contribution in [0.2, 0.25) is 0 Å². The predicted octanol–water partition coefficient (Wildman–Crippen LogP) is 1.96.